The minimum Gasteiger partial charge on any atom is -0.326 e. The SMILES string of the molecule is N[C@H]1CCN(Cc2cccc(Cl)n2)C1. The fourth-order valence-corrected chi connectivity index (χ4v) is 1.95. The Bertz CT molecular complexity index is 316. The summed E-state index contributed by atoms with van der Waals surface area (Å²) in [7, 11) is 0. The van der Waals surface area contributed by atoms with Gasteiger partial charge in [0, 0.05) is 25.7 Å². The summed E-state index contributed by atoms with van der Waals surface area (Å²) in [5.41, 5.74) is 6.84. The Hall–Kier alpha value is -0.640. The number of pyridine rings is 1. The van der Waals surface area contributed by atoms with Crippen LogP contribution < -0.4 is 5.73 Å². The van der Waals surface area contributed by atoms with E-state index in [0.717, 1.165) is 31.7 Å². The molecular formula is C10H14ClN3. The van der Waals surface area contributed by atoms with E-state index in [0.29, 0.717) is 11.2 Å². The first-order valence-corrected chi connectivity index (χ1v) is 5.21. The Morgan fingerprint density at radius 1 is 1.57 bits per heavy atom. The van der Waals surface area contributed by atoms with Crippen molar-refractivity contribution in [2.75, 3.05) is 13.1 Å². The first-order chi connectivity index (χ1) is 6.74. The number of halogens is 1. The molecule has 0 radical (unpaired) electrons. The highest BCUT2D eigenvalue weighted by Gasteiger charge is 2.19. The Morgan fingerprint density at radius 3 is 3.07 bits per heavy atom. The van der Waals surface area contributed by atoms with Gasteiger partial charge in [-0.25, -0.2) is 4.98 Å². The normalized spacial score (nSPS) is 22.9. The van der Waals surface area contributed by atoms with Gasteiger partial charge >= 0.3 is 0 Å². The van der Waals surface area contributed by atoms with E-state index < -0.39 is 0 Å². The molecule has 76 valence electrons. The van der Waals surface area contributed by atoms with Crippen molar-refractivity contribution in [2.45, 2.75) is 19.0 Å². The summed E-state index contributed by atoms with van der Waals surface area (Å²) in [6.07, 6.45) is 1.08. The molecule has 0 saturated carbocycles. The van der Waals surface area contributed by atoms with Crippen molar-refractivity contribution in [1.29, 1.82) is 0 Å². The molecular weight excluding hydrogens is 198 g/mol. The number of hydrogen-bond donors (Lipinski definition) is 1. The zero-order chi connectivity index (χ0) is 9.97. The van der Waals surface area contributed by atoms with Gasteiger partial charge in [0.25, 0.3) is 0 Å². The quantitative estimate of drug-likeness (QED) is 0.750. The molecule has 1 aromatic rings. The monoisotopic (exact) mass is 211 g/mol. The van der Waals surface area contributed by atoms with Crippen molar-refractivity contribution in [2.24, 2.45) is 5.73 Å². The lowest BCUT2D eigenvalue weighted by Gasteiger charge is -2.14. The van der Waals surface area contributed by atoms with Gasteiger partial charge in [-0.15, -0.1) is 0 Å². The van der Waals surface area contributed by atoms with Crippen LogP contribution in [-0.2, 0) is 6.54 Å². The highest BCUT2D eigenvalue weighted by Crippen LogP contribution is 2.12. The Balaban J connectivity index is 1.97. The molecule has 1 fully saturated rings. The second-order valence-electron chi connectivity index (χ2n) is 3.74. The number of rotatable bonds is 2. The second-order valence-corrected chi connectivity index (χ2v) is 4.12. The fourth-order valence-electron chi connectivity index (χ4n) is 1.77. The molecule has 0 unspecified atom stereocenters. The van der Waals surface area contributed by atoms with Crippen LogP contribution in [0.5, 0.6) is 0 Å². The zero-order valence-corrected chi connectivity index (χ0v) is 8.74. The summed E-state index contributed by atoms with van der Waals surface area (Å²) in [4.78, 5) is 6.55. The average molecular weight is 212 g/mol. The standard InChI is InChI=1S/C10H14ClN3/c11-10-3-1-2-9(13-10)7-14-5-4-8(12)6-14/h1-3,8H,4-7,12H2/t8-/m0/s1. The van der Waals surface area contributed by atoms with Crippen molar-refractivity contribution in [3.05, 3.63) is 29.0 Å². The molecule has 2 heterocycles. The fraction of sp³-hybridized carbons (Fsp3) is 0.500. The molecule has 1 atom stereocenters. The lowest BCUT2D eigenvalue weighted by Crippen LogP contribution is -2.26. The summed E-state index contributed by atoms with van der Waals surface area (Å²) in [6.45, 7) is 2.89. The molecule has 0 spiro atoms. The number of nitrogens with two attached hydrogens (primary N) is 1. The van der Waals surface area contributed by atoms with Crippen LogP contribution in [0, 0.1) is 0 Å². The maximum atomic E-state index is 5.82. The maximum absolute atomic E-state index is 5.82. The highest BCUT2D eigenvalue weighted by atomic mass is 35.5. The molecule has 1 aliphatic heterocycles. The van der Waals surface area contributed by atoms with E-state index in [4.69, 9.17) is 17.3 Å². The highest BCUT2D eigenvalue weighted by molar-refractivity contribution is 6.29. The van der Waals surface area contributed by atoms with E-state index in [1.165, 1.54) is 0 Å². The molecule has 0 amide bonds. The maximum Gasteiger partial charge on any atom is 0.129 e. The average Bonchev–Trinajstić information content (AvgIpc) is 2.51. The van der Waals surface area contributed by atoms with E-state index in [1.54, 1.807) is 6.07 Å². The molecule has 4 heteroatoms. The summed E-state index contributed by atoms with van der Waals surface area (Å²) >= 11 is 5.80. The van der Waals surface area contributed by atoms with E-state index in [1.807, 2.05) is 12.1 Å². The third kappa shape index (κ3) is 2.44. The van der Waals surface area contributed by atoms with E-state index in [-0.39, 0.29) is 0 Å². The minimum atomic E-state index is 0.328. The molecule has 2 rings (SSSR count). The number of hydrogen-bond acceptors (Lipinski definition) is 3. The third-order valence-electron chi connectivity index (χ3n) is 2.47. The van der Waals surface area contributed by atoms with Gasteiger partial charge in [-0.2, -0.15) is 0 Å². The van der Waals surface area contributed by atoms with Gasteiger partial charge in [0.05, 0.1) is 5.69 Å². The van der Waals surface area contributed by atoms with Crippen molar-refractivity contribution in [3.63, 3.8) is 0 Å². The topological polar surface area (TPSA) is 42.1 Å². The van der Waals surface area contributed by atoms with E-state index in [2.05, 4.69) is 9.88 Å². The van der Waals surface area contributed by atoms with Crippen LogP contribution in [0.2, 0.25) is 5.15 Å². The Kier molecular flexibility index (Phi) is 3.01. The molecule has 1 aliphatic rings. The zero-order valence-electron chi connectivity index (χ0n) is 7.99. The predicted octanol–water partition coefficient (Wildman–Crippen LogP) is 1.27. The van der Waals surface area contributed by atoms with Crippen molar-refractivity contribution in [1.82, 2.24) is 9.88 Å². The smallest absolute Gasteiger partial charge is 0.129 e. The molecule has 1 aromatic heterocycles. The minimum absolute atomic E-state index is 0.328. The van der Waals surface area contributed by atoms with Gasteiger partial charge in [0.15, 0.2) is 0 Å². The van der Waals surface area contributed by atoms with Crippen LogP contribution in [0.1, 0.15) is 12.1 Å². The second kappa shape index (κ2) is 4.26. The van der Waals surface area contributed by atoms with Crippen LogP contribution in [-0.4, -0.2) is 29.0 Å². The van der Waals surface area contributed by atoms with Gasteiger partial charge < -0.3 is 5.73 Å². The molecule has 3 nitrogen and oxygen atoms in total. The number of nitrogens with zero attached hydrogens (tertiary/aromatic N) is 2. The lowest BCUT2D eigenvalue weighted by molar-refractivity contribution is 0.323. The Morgan fingerprint density at radius 2 is 2.43 bits per heavy atom. The first kappa shape index (κ1) is 9.90. The molecule has 0 aliphatic carbocycles. The van der Waals surface area contributed by atoms with Gasteiger partial charge in [0.2, 0.25) is 0 Å². The summed E-state index contributed by atoms with van der Waals surface area (Å²) in [5.74, 6) is 0. The summed E-state index contributed by atoms with van der Waals surface area (Å²) < 4.78 is 0. The largest absolute Gasteiger partial charge is 0.326 e. The summed E-state index contributed by atoms with van der Waals surface area (Å²) in [6, 6.07) is 6.05. The van der Waals surface area contributed by atoms with Crippen molar-refractivity contribution >= 4 is 11.6 Å². The van der Waals surface area contributed by atoms with Gasteiger partial charge in [-0.3, -0.25) is 4.90 Å². The van der Waals surface area contributed by atoms with E-state index >= 15 is 0 Å². The molecule has 0 aromatic carbocycles. The Labute approximate surface area is 88.9 Å². The summed E-state index contributed by atoms with van der Waals surface area (Å²) in [5, 5.41) is 0.561. The first-order valence-electron chi connectivity index (χ1n) is 4.83. The number of likely N-dealkylation sites (tertiary alicyclic amines) is 1. The third-order valence-corrected chi connectivity index (χ3v) is 2.68. The van der Waals surface area contributed by atoms with Crippen molar-refractivity contribution in [3.8, 4) is 0 Å². The van der Waals surface area contributed by atoms with Crippen LogP contribution in [0.4, 0.5) is 0 Å². The van der Waals surface area contributed by atoms with Crippen LogP contribution in [0.25, 0.3) is 0 Å². The van der Waals surface area contributed by atoms with Crippen LogP contribution >= 0.6 is 11.6 Å². The molecule has 0 bridgehead atoms. The van der Waals surface area contributed by atoms with Gasteiger partial charge in [-0.1, -0.05) is 17.7 Å². The van der Waals surface area contributed by atoms with Gasteiger partial charge in [-0.05, 0) is 18.6 Å². The van der Waals surface area contributed by atoms with E-state index in [9.17, 15) is 0 Å². The lowest BCUT2D eigenvalue weighted by atomic mass is 10.3. The molecule has 1 saturated heterocycles. The predicted molar refractivity (Wildman–Crippen MR) is 57.1 cm³/mol. The van der Waals surface area contributed by atoms with Crippen LogP contribution in [0.3, 0.4) is 0 Å². The van der Waals surface area contributed by atoms with Crippen LogP contribution in [0.15, 0.2) is 18.2 Å². The molecule has 2 N–H and O–H groups in total. The molecule has 14 heavy (non-hydrogen) atoms. The number of aromatic nitrogens is 1. The van der Waals surface area contributed by atoms with Gasteiger partial charge in [0.1, 0.15) is 5.15 Å². The van der Waals surface area contributed by atoms with Crippen molar-refractivity contribution < 1.29 is 0 Å².